The highest BCUT2D eigenvalue weighted by atomic mass is 35.5. The van der Waals surface area contributed by atoms with Crippen LogP contribution in [0.5, 0.6) is 11.5 Å². The average molecular weight is 1170 g/mol. The van der Waals surface area contributed by atoms with Gasteiger partial charge in [-0.3, -0.25) is 19.2 Å². The molecule has 4 bridgehead atoms. The van der Waals surface area contributed by atoms with Crippen LogP contribution in [-0.4, -0.2) is 140 Å². The molecule has 4 amide bonds. The van der Waals surface area contributed by atoms with Gasteiger partial charge < -0.3 is 93.8 Å². The van der Waals surface area contributed by atoms with Crippen molar-refractivity contribution in [1.82, 2.24) is 5.32 Å². The molecule has 1 aliphatic carbocycles. The summed E-state index contributed by atoms with van der Waals surface area (Å²) < 4.78 is 38.3. The highest BCUT2D eigenvalue weighted by molar-refractivity contribution is 6.23. The summed E-state index contributed by atoms with van der Waals surface area (Å²) in [4.78, 5) is 75.1. The van der Waals surface area contributed by atoms with Gasteiger partial charge in [-0.05, 0) is 76.4 Å². The highest BCUT2D eigenvalue weighted by Gasteiger charge is 2.35. The van der Waals surface area contributed by atoms with E-state index >= 15 is 0 Å². The highest BCUT2D eigenvalue weighted by Crippen LogP contribution is 2.40. The van der Waals surface area contributed by atoms with E-state index in [9.17, 15) is 49.2 Å². The van der Waals surface area contributed by atoms with Crippen molar-refractivity contribution < 1.29 is 100 Å². The van der Waals surface area contributed by atoms with Crippen LogP contribution in [0.1, 0.15) is 93.1 Å². The third kappa shape index (κ3) is 21.0. The number of hydrogen-bond donors (Lipinski definition) is 9. The standard InChI is InChI=1S/C30H42N2O9.C29H43N3O8.ClH/c1-16-11-21-27(35)22(15-23(33)28(21)40-7)32-29(36)17(2)9-8-10-20(38-5)14-24(41-30(31)37)18(3)13-19(4)26(34)25(12-16)39-6;1-15-10-20-25(30)22(33)14-21(27(20)35)32-28(36)16(2)8-7-9-19(38-5)13-23(40-29(31)37)17(3)12-18(4)26(34)24(11-15)39-6;/h8-10,13,15-16,19-20,24-26,34H,11-12,14H2,1-7H3,(H2,31,37)(H,32,36);7-9,12,14-15,18-19,23-24,26,33-35H,10-11,13,30H2,1-6H3,(H2,31,37)(H,32,36);1H/b10-8-,17-9+,18-13+;9-7-,16-8+,17-12+;/t16-,19+,20+,24-,25+,26-;15-,18+,19+,23-,24+,26-;/m11./s1. The quantitative estimate of drug-likeness (QED) is 0.0820. The van der Waals surface area contributed by atoms with Crippen molar-refractivity contribution in [2.75, 3.05) is 40.9 Å². The molecule has 23 heteroatoms. The van der Waals surface area contributed by atoms with E-state index < -0.39 is 90.3 Å². The number of ether oxygens (including phenoxy) is 7. The zero-order valence-electron chi connectivity index (χ0n) is 49.3. The lowest BCUT2D eigenvalue weighted by Gasteiger charge is -2.29. The van der Waals surface area contributed by atoms with Gasteiger partial charge in [-0.2, -0.15) is 0 Å². The number of ketones is 2. The monoisotopic (exact) mass is 1170 g/mol. The van der Waals surface area contributed by atoms with Crippen molar-refractivity contribution in [2.45, 2.75) is 143 Å². The lowest BCUT2D eigenvalue weighted by atomic mass is 9.85. The number of amides is 4. The molecule has 4 rings (SSSR count). The molecule has 0 radical (unpaired) electrons. The molecule has 2 aliphatic heterocycles. The van der Waals surface area contributed by atoms with Gasteiger partial charge in [0, 0.05) is 82.0 Å². The van der Waals surface area contributed by atoms with Crippen LogP contribution in [0, 0.1) is 23.7 Å². The first kappa shape index (κ1) is 71.5. The molecule has 0 fully saturated rings. The molecule has 0 spiro atoms. The third-order valence-electron chi connectivity index (χ3n) is 14.4. The van der Waals surface area contributed by atoms with Crippen molar-refractivity contribution in [3.63, 3.8) is 0 Å². The summed E-state index contributed by atoms with van der Waals surface area (Å²) in [6.45, 7) is 14.2. The second kappa shape index (κ2) is 34.1. The number of quaternary nitrogens is 1. The van der Waals surface area contributed by atoms with E-state index in [4.69, 9.17) is 44.6 Å². The maximum absolute atomic E-state index is 13.4. The fourth-order valence-electron chi connectivity index (χ4n) is 9.68. The molecule has 13 N–H and O–H groups in total. The second-order valence-corrected chi connectivity index (χ2v) is 20.9. The minimum atomic E-state index is -0.947. The first-order valence-electron chi connectivity index (χ1n) is 26.7. The number of primary amides is 2. The number of Topliss-reactive ketones (excluding diaryl/α,β-unsaturated/α-hetero) is 1. The number of aliphatic hydroxyl groups excluding tert-OH is 2. The van der Waals surface area contributed by atoms with Crippen molar-refractivity contribution in [2.24, 2.45) is 35.1 Å². The van der Waals surface area contributed by atoms with Gasteiger partial charge in [-0.15, -0.1) is 0 Å². The molecule has 456 valence electrons. The minimum absolute atomic E-state index is 0. The summed E-state index contributed by atoms with van der Waals surface area (Å²) in [7, 11) is 7.31. The molecule has 1 aromatic rings. The number of aliphatic hydroxyl groups is 2. The van der Waals surface area contributed by atoms with E-state index in [1.165, 1.54) is 47.7 Å². The summed E-state index contributed by atoms with van der Waals surface area (Å²) in [5.41, 5.74) is 17.2. The molecule has 0 unspecified atom stereocenters. The van der Waals surface area contributed by atoms with E-state index in [1.54, 1.807) is 64.2 Å². The minimum Gasteiger partial charge on any atom is -1.00 e. The van der Waals surface area contributed by atoms with Gasteiger partial charge in [0.25, 0.3) is 11.8 Å². The van der Waals surface area contributed by atoms with Crippen LogP contribution in [0.4, 0.5) is 21.0 Å². The Labute approximate surface area is 486 Å². The zero-order chi connectivity index (χ0) is 61.0. The Balaban J connectivity index is 0.000000553. The lowest BCUT2D eigenvalue weighted by molar-refractivity contribution is -0.257. The van der Waals surface area contributed by atoms with Crippen LogP contribution in [0.25, 0.3) is 0 Å². The largest absolute Gasteiger partial charge is 1.00 e. The molecule has 3 aliphatic rings. The van der Waals surface area contributed by atoms with Crippen LogP contribution in [0.2, 0.25) is 0 Å². The maximum Gasteiger partial charge on any atom is 0.405 e. The zero-order valence-corrected chi connectivity index (χ0v) is 50.0. The Morgan fingerprint density at radius 3 is 1.51 bits per heavy atom. The van der Waals surface area contributed by atoms with E-state index in [0.29, 0.717) is 41.5 Å². The van der Waals surface area contributed by atoms with Gasteiger partial charge >= 0.3 is 12.2 Å². The number of fused-ring (bicyclic) bond motifs is 4. The smallest absolute Gasteiger partial charge is 0.405 e. The average Bonchev–Trinajstić information content (AvgIpc) is 3.50. The topological polar surface area (TPSA) is 352 Å². The Bertz CT molecular complexity index is 2680. The van der Waals surface area contributed by atoms with Crippen molar-refractivity contribution in [1.29, 1.82) is 0 Å². The number of carbonyl (C=O) groups is 6. The fraction of sp³-hybridized carbons (Fsp3) is 0.525. The van der Waals surface area contributed by atoms with Gasteiger partial charge in [0.05, 0.1) is 60.7 Å². The number of hydrogen-bond acceptors (Lipinski definition) is 17. The summed E-state index contributed by atoms with van der Waals surface area (Å²) >= 11 is 0. The number of anilines is 1. The summed E-state index contributed by atoms with van der Waals surface area (Å²) in [6, 6.07) is 1.26. The number of phenols is 2. The number of methoxy groups -OCH3 is 5. The number of nitrogens with two attached hydrogens (primary N) is 2. The summed E-state index contributed by atoms with van der Waals surface area (Å²) in [6.07, 6.45) is 8.75. The van der Waals surface area contributed by atoms with E-state index in [0.717, 1.165) is 6.08 Å². The predicted octanol–water partition coefficient (Wildman–Crippen LogP) is 2.62. The SMILES string of the molecule is COC1=C2C[C@@H](C)C[C@H](OC)[C@H](O)[C@@H](C)/C=C(\C)[C@H](OC(N)=O)C[C@@H](OC)/C=C\C=C(/C)C(=O)NC(=CC1=O)C2=O.CO[C@H]1C[C@H](C)Cc2c([NH3+])c(O)cc(c2O)NC(=O)/C(C)=C/C=C\[C@H](OC)C[C@@H](OC(N)=O)/C(C)=C/[C@H](C)[C@H]1O.[Cl-]. The van der Waals surface area contributed by atoms with E-state index in [2.05, 4.69) is 16.4 Å². The van der Waals surface area contributed by atoms with E-state index in [-0.39, 0.29) is 94.9 Å². The van der Waals surface area contributed by atoms with Crippen molar-refractivity contribution in [3.05, 3.63) is 106 Å². The molecular weight excluding hydrogens is 1090 g/mol. The lowest BCUT2D eigenvalue weighted by Crippen LogP contribution is -3.00. The molecule has 0 aromatic heterocycles. The van der Waals surface area contributed by atoms with Crippen LogP contribution in [-0.2, 0) is 58.8 Å². The number of rotatable bonds is 7. The molecule has 0 saturated heterocycles. The number of allylic oxidation sites excluding steroid dienone is 6. The van der Waals surface area contributed by atoms with Gasteiger partial charge in [0.2, 0.25) is 11.6 Å². The van der Waals surface area contributed by atoms with Crippen LogP contribution < -0.4 is 40.2 Å². The molecule has 2 heterocycles. The number of phenolic OH excluding ortho intramolecular Hbond substituents is 2. The first-order chi connectivity index (χ1) is 38.1. The van der Waals surface area contributed by atoms with Gasteiger partial charge in [0.15, 0.2) is 17.2 Å². The molecule has 22 nitrogen and oxygen atoms in total. The molecule has 0 saturated carbocycles. The molecule has 12 atom stereocenters. The van der Waals surface area contributed by atoms with Gasteiger partial charge in [-0.25, -0.2) is 9.59 Å². The Kier molecular flexibility index (Phi) is 29.7. The number of nitrogens with one attached hydrogen (secondary N) is 2. The van der Waals surface area contributed by atoms with Crippen molar-refractivity contribution >= 4 is 46.9 Å². The van der Waals surface area contributed by atoms with Crippen LogP contribution in [0.15, 0.2) is 100 Å². The molecule has 1 aromatic carbocycles. The van der Waals surface area contributed by atoms with Gasteiger partial charge in [-0.1, -0.05) is 76.3 Å². The maximum atomic E-state index is 13.4. The van der Waals surface area contributed by atoms with E-state index in [1.807, 2.05) is 33.8 Å². The number of benzene rings is 1. The van der Waals surface area contributed by atoms with Crippen molar-refractivity contribution in [3.8, 4) is 11.5 Å². The Morgan fingerprint density at radius 2 is 1.10 bits per heavy atom. The molecular formula is C59H86ClN5O17. The van der Waals surface area contributed by atoms with Gasteiger partial charge in [0.1, 0.15) is 18.0 Å². The number of aromatic hydroxyl groups is 2. The predicted molar refractivity (Wildman–Crippen MR) is 302 cm³/mol. The van der Waals surface area contributed by atoms with Crippen LogP contribution in [0.3, 0.4) is 0 Å². The summed E-state index contributed by atoms with van der Waals surface area (Å²) in [5.74, 6) is -3.61. The third-order valence-corrected chi connectivity index (χ3v) is 14.4. The number of halogens is 1. The summed E-state index contributed by atoms with van der Waals surface area (Å²) in [5, 5.41) is 49.0. The second-order valence-electron chi connectivity index (χ2n) is 20.9. The Hall–Kier alpha value is -6.63. The fourth-order valence-corrected chi connectivity index (χ4v) is 9.68. The normalized spacial score (nSPS) is 31.2. The van der Waals surface area contributed by atoms with Crippen LogP contribution >= 0.6 is 0 Å². The first-order valence-corrected chi connectivity index (χ1v) is 26.7. The Morgan fingerprint density at radius 1 is 0.659 bits per heavy atom. The molecule has 82 heavy (non-hydrogen) atoms. The number of carbonyl (C=O) groups excluding carboxylic acids is 6.